The number of carbonyl (C=O) groups is 1. The van der Waals surface area contributed by atoms with E-state index in [0.717, 1.165) is 59.1 Å². The lowest BCUT2D eigenvalue weighted by molar-refractivity contribution is -0.117. The molecule has 0 radical (unpaired) electrons. The Morgan fingerprint density at radius 2 is 2.13 bits per heavy atom. The first-order chi connectivity index (χ1) is 15.1. The summed E-state index contributed by atoms with van der Waals surface area (Å²) >= 11 is 9.07. The summed E-state index contributed by atoms with van der Waals surface area (Å²) in [6, 6.07) is 10.1. The second kappa shape index (κ2) is 8.70. The number of aromatic nitrogens is 2. The van der Waals surface area contributed by atoms with E-state index in [4.69, 9.17) is 21.0 Å². The standard InChI is InChI=1S/C22H21ClN4O2S2/c1-13-20(23)22(31-26-13)25-19(28)11-27-8-6-14(7-9-27)21-24-16(12-30-21)18-10-15-4-2-3-5-17(15)29-18/h2-5,10,12,14H,6-9,11H2,1H3,(H,25,28). The summed E-state index contributed by atoms with van der Waals surface area (Å²) < 4.78 is 10.1. The van der Waals surface area contributed by atoms with Gasteiger partial charge in [0.25, 0.3) is 0 Å². The number of carbonyl (C=O) groups excluding carboxylic acids is 1. The lowest BCUT2D eigenvalue weighted by Crippen LogP contribution is -2.38. The fraction of sp³-hybridized carbons (Fsp3) is 0.318. The minimum Gasteiger partial charge on any atom is -0.454 e. The minimum atomic E-state index is -0.0505. The van der Waals surface area contributed by atoms with Crippen molar-refractivity contribution >= 4 is 56.3 Å². The minimum absolute atomic E-state index is 0.0505. The predicted octanol–water partition coefficient (Wildman–Crippen LogP) is 5.79. The van der Waals surface area contributed by atoms with Gasteiger partial charge in [-0.15, -0.1) is 11.3 Å². The number of benzene rings is 1. The van der Waals surface area contributed by atoms with Crippen LogP contribution in [0.3, 0.4) is 0 Å². The quantitative estimate of drug-likeness (QED) is 0.398. The van der Waals surface area contributed by atoms with Crippen LogP contribution in [0.1, 0.15) is 29.5 Å². The number of thiazole rings is 1. The van der Waals surface area contributed by atoms with E-state index in [0.29, 0.717) is 22.5 Å². The fourth-order valence-corrected chi connectivity index (χ4v) is 5.77. The molecule has 9 heteroatoms. The molecule has 0 aliphatic carbocycles. The van der Waals surface area contributed by atoms with Crippen LogP contribution in [0.2, 0.25) is 5.02 Å². The van der Waals surface area contributed by atoms with Crippen molar-refractivity contribution in [2.24, 2.45) is 0 Å². The number of anilines is 1. The van der Waals surface area contributed by atoms with Gasteiger partial charge in [0.1, 0.15) is 16.3 Å². The summed E-state index contributed by atoms with van der Waals surface area (Å²) in [5.74, 6) is 1.18. The zero-order valence-corrected chi connectivity index (χ0v) is 19.3. The SMILES string of the molecule is Cc1nsc(NC(=O)CN2CCC(c3nc(-c4cc5ccccc5o4)cs3)CC2)c1Cl. The first-order valence-corrected chi connectivity index (χ1v) is 12.2. The van der Waals surface area contributed by atoms with Crippen molar-refractivity contribution in [2.45, 2.75) is 25.7 Å². The zero-order valence-electron chi connectivity index (χ0n) is 16.9. The third-order valence-corrected chi connectivity index (χ3v) is 7.98. The summed E-state index contributed by atoms with van der Waals surface area (Å²) in [5, 5.41) is 8.34. The molecule has 0 unspecified atom stereocenters. The number of piperidine rings is 1. The number of nitrogens with zero attached hydrogens (tertiary/aromatic N) is 3. The first-order valence-electron chi connectivity index (χ1n) is 10.1. The Labute approximate surface area is 193 Å². The molecular weight excluding hydrogens is 452 g/mol. The third kappa shape index (κ3) is 4.39. The number of likely N-dealkylation sites (tertiary alicyclic amines) is 1. The number of rotatable bonds is 5. The molecule has 31 heavy (non-hydrogen) atoms. The number of hydrogen-bond acceptors (Lipinski definition) is 7. The van der Waals surface area contributed by atoms with Crippen LogP contribution in [0.5, 0.6) is 0 Å². The van der Waals surface area contributed by atoms with Crippen LogP contribution in [-0.2, 0) is 4.79 Å². The second-order valence-corrected chi connectivity index (χ2v) is 9.77. The van der Waals surface area contributed by atoms with Gasteiger partial charge in [-0.05, 0) is 56.5 Å². The molecule has 0 bridgehead atoms. The van der Waals surface area contributed by atoms with Gasteiger partial charge in [0.05, 0.1) is 22.3 Å². The molecular formula is C22H21ClN4O2S2. The highest BCUT2D eigenvalue weighted by molar-refractivity contribution is 7.11. The highest BCUT2D eigenvalue weighted by atomic mass is 35.5. The maximum absolute atomic E-state index is 12.4. The van der Waals surface area contributed by atoms with Crippen molar-refractivity contribution in [1.82, 2.24) is 14.3 Å². The van der Waals surface area contributed by atoms with Gasteiger partial charge >= 0.3 is 0 Å². The molecule has 1 N–H and O–H groups in total. The monoisotopic (exact) mass is 472 g/mol. The van der Waals surface area contributed by atoms with Gasteiger partial charge in [-0.2, -0.15) is 4.37 Å². The lowest BCUT2D eigenvalue weighted by Gasteiger charge is -2.30. The molecule has 1 aromatic carbocycles. The Morgan fingerprint density at radius 1 is 1.32 bits per heavy atom. The first kappa shape index (κ1) is 20.6. The number of nitrogens with one attached hydrogen (secondary N) is 1. The van der Waals surface area contributed by atoms with Gasteiger partial charge in [0.15, 0.2) is 5.76 Å². The average molecular weight is 473 g/mol. The molecule has 5 rings (SSSR count). The molecule has 1 fully saturated rings. The third-order valence-electron chi connectivity index (χ3n) is 5.55. The van der Waals surface area contributed by atoms with Gasteiger partial charge in [0.2, 0.25) is 5.91 Å². The van der Waals surface area contributed by atoms with E-state index in [1.807, 2.05) is 37.3 Å². The van der Waals surface area contributed by atoms with Crippen LogP contribution in [0, 0.1) is 6.92 Å². The van der Waals surface area contributed by atoms with Gasteiger partial charge < -0.3 is 9.73 Å². The Balaban J connectivity index is 1.17. The number of amides is 1. The van der Waals surface area contributed by atoms with E-state index in [2.05, 4.69) is 20.0 Å². The largest absolute Gasteiger partial charge is 0.454 e. The Morgan fingerprint density at radius 3 is 2.87 bits per heavy atom. The second-order valence-electron chi connectivity index (χ2n) is 7.73. The van der Waals surface area contributed by atoms with Gasteiger partial charge in [-0.1, -0.05) is 29.8 Å². The van der Waals surface area contributed by atoms with Gasteiger partial charge in [-0.3, -0.25) is 9.69 Å². The van der Waals surface area contributed by atoms with Gasteiger partial charge in [-0.25, -0.2) is 4.98 Å². The summed E-state index contributed by atoms with van der Waals surface area (Å²) in [6.07, 6.45) is 1.97. The van der Waals surface area contributed by atoms with Crippen LogP contribution in [0.25, 0.3) is 22.4 Å². The van der Waals surface area contributed by atoms with Gasteiger partial charge in [0, 0.05) is 16.7 Å². The molecule has 4 heterocycles. The van der Waals surface area contributed by atoms with Crippen molar-refractivity contribution in [1.29, 1.82) is 0 Å². The number of aryl methyl sites for hydroxylation is 1. The zero-order chi connectivity index (χ0) is 21.4. The van der Waals surface area contributed by atoms with Crippen LogP contribution >= 0.6 is 34.5 Å². The molecule has 160 valence electrons. The number of para-hydroxylation sites is 1. The summed E-state index contributed by atoms with van der Waals surface area (Å²) in [4.78, 5) is 19.4. The molecule has 3 aromatic heterocycles. The maximum Gasteiger partial charge on any atom is 0.239 e. The molecule has 6 nitrogen and oxygen atoms in total. The van der Waals surface area contributed by atoms with E-state index in [9.17, 15) is 4.79 Å². The van der Waals surface area contributed by atoms with E-state index in [1.165, 1.54) is 11.5 Å². The van der Waals surface area contributed by atoms with Crippen LogP contribution < -0.4 is 5.32 Å². The average Bonchev–Trinajstić information content (AvgIpc) is 3.49. The van der Waals surface area contributed by atoms with Crippen molar-refractivity contribution in [3.05, 3.63) is 51.4 Å². The van der Waals surface area contributed by atoms with Crippen LogP contribution in [0.15, 0.2) is 40.1 Å². The normalized spacial score (nSPS) is 15.5. The highest BCUT2D eigenvalue weighted by Crippen LogP contribution is 2.35. The van der Waals surface area contributed by atoms with Crippen molar-refractivity contribution in [2.75, 3.05) is 25.0 Å². The topological polar surface area (TPSA) is 71.3 Å². The van der Waals surface area contributed by atoms with E-state index in [-0.39, 0.29) is 5.91 Å². The van der Waals surface area contributed by atoms with E-state index in [1.54, 1.807) is 11.3 Å². The number of halogens is 1. The summed E-state index contributed by atoms with van der Waals surface area (Å²) in [7, 11) is 0. The number of furan rings is 1. The van der Waals surface area contributed by atoms with Crippen molar-refractivity contribution < 1.29 is 9.21 Å². The molecule has 1 aliphatic rings. The molecule has 1 aliphatic heterocycles. The molecule has 0 atom stereocenters. The predicted molar refractivity (Wildman–Crippen MR) is 126 cm³/mol. The molecule has 1 amide bonds. The Bertz CT molecular complexity index is 1190. The molecule has 1 saturated heterocycles. The Kier molecular flexibility index (Phi) is 5.79. The number of fused-ring (bicyclic) bond motifs is 1. The van der Waals surface area contributed by atoms with E-state index < -0.39 is 0 Å². The smallest absolute Gasteiger partial charge is 0.239 e. The summed E-state index contributed by atoms with van der Waals surface area (Å²) in [5.41, 5.74) is 2.52. The maximum atomic E-state index is 12.4. The molecule has 0 saturated carbocycles. The lowest BCUT2D eigenvalue weighted by atomic mass is 9.97. The fourth-order valence-electron chi connectivity index (χ4n) is 3.84. The van der Waals surface area contributed by atoms with E-state index >= 15 is 0 Å². The Hall–Kier alpha value is -2.26. The highest BCUT2D eigenvalue weighted by Gasteiger charge is 2.25. The van der Waals surface area contributed by atoms with Crippen LogP contribution in [0.4, 0.5) is 5.00 Å². The van der Waals surface area contributed by atoms with Crippen molar-refractivity contribution in [3.8, 4) is 11.5 Å². The number of hydrogen-bond donors (Lipinski definition) is 1. The van der Waals surface area contributed by atoms with Crippen molar-refractivity contribution in [3.63, 3.8) is 0 Å². The summed E-state index contributed by atoms with van der Waals surface area (Å²) in [6.45, 7) is 3.93. The van der Waals surface area contributed by atoms with Crippen LogP contribution in [-0.4, -0.2) is 39.8 Å². The molecule has 0 spiro atoms. The molecule has 4 aromatic rings.